The number of guanidine groups is 1. The van der Waals surface area contributed by atoms with Gasteiger partial charge in [0.2, 0.25) is 0 Å². The summed E-state index contributed by atoms with van der Waals surface area (Å²) in [5.74, 6) is 2.60. The predicted molar refractivity (Wildman–Crippen MR) is 115 cm³/mol. The van der Waals surface area contributed by atoms with E-state index in [9.17, 15) is 0 Å². The van der Waals surface area contributed by atoms with Gasteiger partial charge in [-0.05, 0) is 37.9 Å². The lowest BCUT2D eigenvalue weighted by Gasteiger charge is -2.23. The molecule has 2 rings (SSSR count). The number of methoxy groups -OCH3 is 1. The first-order valence-corrected chi connectivity index (χ1v) is 9.43. The van der Waals surface area contributed by atoms with Crippen molar-refractivity contribution in [2.45, 2.75) is 13.1 Å². The smallest absolute Gasteiger partial charge is 0.193 e. The summed E-state index contributed by atoms with van der Waals surface area (Å²) in [6.45, 7) is 2.95. The molecule has 28 heavy (non-hydrogen) atoms. The van der Waals surface area contributed by atoms with Crippen LogP contribution >= 0.6 is 0 Å². The number of nitrogens with zero attached hydrogens (tertiary/aromatic N) is 3. The van der Waals surface area contributed by atoms with Gasteiger partial charge in [0.1, 0.15) is 18.1 Å². The molecule has 0 saturated carbocycles. The number of nitrogens with one attached hydrogen (secondary N) is 1. The Hall–Kier alpha value is -2.73. The van der Waals surface area contributed by atoms with Crippen LogP contribution in [0.4, 0.5) is 0 Å². The van der Waals surface area contributed by atoms with Gasteiger partial charge in [0.05, 0.1) is 7.11 Å². The fourth-order valence-electron chi connectivity index (χ4n) is 2.77. The first-order chi connectivity index (χ1) is 13.5. The van der Waals surface area contributed by atoms with Gasteiger partial charge in [-0.2, -0.15) is 0 Å². The lowest BCUT2D eigenvalue weighted by molar-refractivity contribution is 0.259. The molecule has 0 aliphatic heterocycles. The summed E-state index contributed by atoms with van der Waals surface area (Å²) in [7, 11) is 9.58. The normalized spacial score (nSPS) is 11.4. The summed E-state index contributed by atoms with van der Waals surface area (Å²) in [4.78, 5) is 8.61. The molecule has 0 bridgehead atoms. The summed E-state index contributed by atoms with van der Waals surface area (Å²) < 4.78 is 11.2. The van der Waals surface area contributed by atoms with Crippen LogP contribution in [0, 0.1) is 0 Å². The van der Waals surface area contributed by atoms with E-state index in [0.29, 0.717) is 13.2 Å². The van der Waals surface area contributed by atoms with Crippen molar-refractivity contribution in [3.05, 3.63) is 59.7 Å². The summed E-state index contributed by atoms with van der Waals surface area (Å²) in [6.07, 6.45) is 0. The van der Waals surface area contributed by atoms with Crippen molar-refractivity contribution < 1.29 is 9.47 Å². The molecule has 0 fully saturated rings. The molecular weight excluding hydrogens is 352 g/mol. The number of ether oxygens (including phenoxy) is 2. The van der Waals surface area contributed by atoms with Gasteiger partial charge in [-0.1, -0.05) is 30.3 Å². The zero-order valence-electron chi connectivity index (χ0n) is 17.6. The number of benzene rings is 2. The quantitative estimate of drug-likeness (QED) is 0.532. The van der Waals surface area contributed by atoms with Gasteiger partial charge in [0.25, 0.3) is 0 Å². The van der Waals surface area contributed by atoms with E-state index >= 15 is 0 Å². The van der Waals surface area contributed by atoms with Gasteiger partial charge < -0.3 is 24.6 Å². The van der Waals surface area contributed by atoms with Crippen LogP contribution in [-0.4, -0.2) is 64.2 Å². The number of hydrogen-bond donors (Lipinski definition) is 1. The van der Waals surface area contributed by atoms with E-state index in [4.69, 9.17) is 9.47 Å². The van der Waals surface area contributed by atoms with Crippen LogP contribution < -0.4 is 14.8 Å². The maximum Gasteiger partial charge on any atom is 0.193 e. The van der Waals surface area contributed by atoms with Crippen molar-refractivity contribution in [1.82, 2.24) is 15.1 Å². The highest BCUT2D eigenvalue weighted by Gasteiger charge is 2.09. The molecule has 0 saturated heterocycles. The third-order valence-electron chi connectivity index (χ3n) is 4.36. The maximum absolute atomic E-state index is 5.94. The Morgan fingerprint density at radius 1 is 1.04 bits per heavy atom. The predicted octanol–water partition coefficient (Wildman–Crippen LogP) is 2.84. The van der Waals surface area contributed by atoms with Crippen molar-refractivity contribution >= 4 is 5.96 Å². The minimum atomic E-state index is 0.651. The maximum atomic E-state index is 5.94. The molecule has 0 atom stereocenters. The minimum Gasteiger partial charge on any atom is -0.497 e. The average Bonchev–Trinajstić information content (AvgIpc) is 2.70. The van der Waals surface area contributed by atoms with Crippen LogP contribution in [0.2, 0.25) is 0 Å². The molecule has 0 radical (unpaired) electrons. The van der Waals surface area contributed by atoms with Gasteiger partial charge in [0.15, 0.2) is 5.96 Å². The van der Waals surface area contributed by atoms with Crippen LogP contribution in [-0.2, 0) is 13.1 Å². The van der Waals surface area contributed by atoms with Crippen LogP contribution in [0.15, 0.2) is 53.5 Å². The molecule has 0 spiro atoms. The number of para-hydroxylation sites is 1. The second-order valence-corrected chi connectivity index (χ2v) is 6.86. The van der Waals surface area contributed by atoms with E-state index in [0.717, 1.165) is 36.1 Å². The summed E-state index contributed by atoms with van der Waals surface area (Å²) in [5, 5.41) is 3.43. The monoisotopic (exact) mass is 384 g/mol. The minimum absolute atomic E-state index is 0.651. The first kappa shape index (κ1) is 21.6. The Morgan fingerprint density at radius 3 is 2.39 bits per heavy atom. The van der Waals surface area contributed by atoms with Gasteiger partial charge in [0, 0.05) is 39.3 Å². The van der Waals surface area contributed by atoms with E-state index in [2.05, 4.69) is 38.3 Å². The zero-order chi connectivity index (χ0) is 20.4. The molecule has 152 valence electrons. The van der Waals surface area contributed by atoms with Crippen molar-refractivity contribution in [3.63, 3.8) is 0 Å². The second kappa shape index (κ2) is 11.2. The molecule has 0 aliphatic rings. The van der Waals surface area contributed by atoms with E-state index in [1.807, 2.05) is 51.5 Å². The molecule has 2 aromatic carbocycles. The van der Waals surface area contributed by atoms with Crippen molar-refractivity contribution in [2.24, 2.45) is 4.99 Å². The van der Waals surface area contributed by atoms with Gasteiger partial charge in [-0.25, -0.2) is 0 Å². The molecule has 6 nitrogen and oxygen atoms in total. The highest BCUT2D eigenvalue weighted by molar-refractivity contribution is 5.79. The third-order valence-corrected chi connectivity index (χ3v) is 4.36. The number of rotatable bonds is 9. The number of likely N-dealkylation sites (N-methyl/N-ethyl adjacent to an activating group) is 1. The fourth-order valence-corrected chi connectivity index (χ4v) is 2.77. The standard InChI is InChI=1S/C22H32N4O2/c1-23-22(26(4)17-18-10-12-20(27-5)13-11-18)24-16-19-8-6-7-9-21(19)28-15-14-25(2)3/h6-13H,14-17H2,1-5H3,(H,23,24). The van der Waals surface area contributed by atoms with Crippen LogP contribution in [0.25, 0.3) is 0 Å². The van der Waals surface area contributed by atoms with Crippen molar-refractivity contribution in [1.29, 1.82) is 0 Å². The summed E-state index contributed by atoms with van der Waals surface area (Å²) in [5.41, 5.74) is 2.30. The lowest BCUT2D eigenvalue weighted by Crippen LogP contribution is -2.38. The molecule has 2 aromatic rings. The highest BCUT2D eigenvalue weighted by Crippen LogP contribution is 2.18. The SMILES string of the molecule is CN=C(NCc1ccccc1OCCN(C)C)N(C)Cc1ccc(OC)cc1. The number of aliphatic imine (C=N–C) groups is 1. The van der Waals surface area contributed by atoms with Crippen LogP contribution in [0.1, 0.15) is 11.1 Å². The fraction of sp³-hybridized carbons (Fsp3) is 0.409. The molecule has 0 aromatic heterocycles. The lowest BCUT2D eigenvalue weighted by atomic mass is 10.2. The van der Waals surface area contributed by atoms with Gasteiger partial charge in [-0.15, -0.1) is 0 Å². The second-order valence-electron chi connectivity index (χ2n) is 6.86. The summed E-state index contributed by atoms with van der Waals surface area (Å²) >= 11 is 0. The first-order valence-electron chi connectivity index (χ1n) is 9.43. The molecule has 0 aliphatic carbocycles. The molecule has 0 heterocycles. The molecule has 0 unspecified atom stereocenters. The van der Waals surface area contributed by atoms with E-state index in [-0.39, 0.29) is 0 Å². The third kappa shape index (κ3) is 6.78. The van der Waals surface area contributed by atoms with Crippen molar-refractivity contribution in [3.8, 4) is 11.5 Å². The molecule has 6 heteroatoms. The molecule has 1 N–H and O–H groups in total. The molecular formula is C22H32N4O2. The Bertz CT molecular complexity index is 744. The Kier molecular flexibility index (Phi) is 8.62. The molecule has 0 amide bonds. The van der Waals surface area contributed by atoms with Crippen LogP contribution in [0.5, 0.6) is 11.5 Å². The van der Waals surface area contributed by atoms with Gasteiger partial charge >= 0.3 is 0 Å². The number of hydrogen-bond acceptors (Lipinski definition) is 4. The summed E-state index contributed by atoms with van der Waals surface area (Å²) in [6, 6.07) is 16.2. The van der Waals surface area contributed by atoms with E-state index in [1.165, 1.54) is 5.56 Å². The topological polar surface area (TPSA) is 49.3 Å². The zero-order valence-corrected chi connectivity index (χ0v) is 17.6. The average molecular weight is 385 g/mol. The Labute approximate surface area is 168 Å². The van der Waals surface area contributed by atoms with Gasteiger partial charge in [-0.3, -0.25) is 4.99 Å². The van der Waals surface area contributed by atoms with Crippen molar-refractivity contribution in [2.75, 3.05) is 48.5 Å². The Morgan fingerprint density at radius 2 is 1.75 bits per heavy atom. The van der Waals surface area contributed by atoms with E-state index in [1.54, 1.807) is 14.2 Å². The van der Waals surface area contributed by atoms with E-state index < -0.39 is 0 Å². The highest BCUT2D eigenvalue weighted by atomic mass is 16.5. The van der Waals surface area contributed by atoms with Crippen LogP contribution in [0.3, 0.4) is 0 Å². The largest absolute Gasteiger partial charge is 0.497 e. The Balaban J connectivity index is 1.94.